The molecule has 1 nitrogen and oxygen atoms in total. The molecule has 7 heavy (non-hydrogen) atoms. The molecule has 0 radical (unpaired) electrons. The van der Waals surface area contributed by atoms with E-state index in [1.54, 1.807) is 0 Å². The summed E-state index contributed by atoms with van der Waals surface area (Å²) in [5, 5.41) is -0.747. The Bertz CT molecular complexity index is 82.2. The molecule has 1 saturated heterocycles. The molecule has 0 aromatic carbocycles. The van der Waals surface area contributed by atoms with Crippen molar-refractivity contribution in [1.29, 1.82) is 0 Å². The van der Waals surface area contributed by atoms with E-state index >= 15 is 0 Å². The third kappa shape index (κ3) is 0.968. The minimum absolute atomic E-state index is 0.253. The van der Waals surface area contributed by atoms with Crippen molar-refractivity contribution in [3.8, 4) is 0 Å². The van der Waals surface area contributed by atoms with Crippen LogP contribution < -0.4 is 0 Å². The lowest BCUT2D eigenvalue weighted by Crippen LogP contribution is -2.02. The topological polar surface area (TPSA) is 12.5 Å². The van der Waals surface area contributed by atoms with E-state index in [9.17, 15) is 0 Å². The summed E-state index contributed by atoms with van der Waals surface area (Å²) in [5.41, 5.74) is -0.383. The first-order chi connectivity index (χ1) is 3.19. The van der Waals surface area contributed by atoms with Crippen molar-refractivity contribution < 1.29 is 4.74 Å². The maximum atomic E-state index is 5.49. The highest BCUT2D eigenvalue weighted by Gasteiger charge is 2.53. The van der Waals surface area contributed by atoms with E-state index in [0.717, 1.165) is 0 Å². The summed E-state index contributed by atoms with van der Waals surface area (Å²) in [5.74, 6) is 0.253. The molecule has 1 aliphatic heterocycles. The van der Waals surface area contributed by atoms with Gasteiger partial charge < -0.3 is 4.74 Å². The molecule has 0 aliphatic carbocycles. The average molecular weight is 161 g/mol. The first-order valence-electron chi connectivity index (χ1n) is 1.76. The van der Waals surface area contributed by atoms with Crippen molar-refractivity contribution in [1.82, 2.24) is 0 Å². The molecule has 0 amide bonds. The van der Waals surface area contributed by atoms with Gasteiger partial charge in [-0.1, -0.05) is 23.2 Å². The van der Waals surface area contributed by atoms with Gasteiger partial charge in [0.2, 0.25) is 0 Å². The van der Waals surface area contributed by atoms with Crippen LogP contribution in [0.5, 0.6) is 0 Å². The third-order valence-corrected chi connectivity index (χ3v) is 2.27. The van der Waals surface area contributed by atoms with Crippen molar-refractivity contribution in [3.05, 3.63) is 0 Å². The highest BCUT2D eigenvalue weighted by Crippen LogP contribution is 2.43. The minimum atomic E-state index is -0.747. The van der Waals surface area contributed by atoms with Gasteiger partial charge in [0.1, 0.15) is 0 Å². The van der Waals surface area contributed by atoms with E-state index in [1.165, 1.54) is 0 Å². The molecular formula is C3H3Cl3O. The monoisotopic (exact) mass is 160 g/mol. The molecule has 0 aromatic heterocycles. The smallest absolute Gasteiger partial charge is 0.197 e. The molecule has 0 N–H and O–H groups in total. The van der Waals surface area contributed by atoms with Crippen LogP contribution in [0.15, 0.2) is 0 Å². The standard InChI is InChI=1S/C3H3Cl3O/c4-1-3(6)2(5)7-3/h2H,1H2. The predicted octanol–water partition coefficient (Wildman–Crippen LogP) is 1.76. The Hall–Kier alpha value is 0.830. The van der Waals surface area contributed by atoms with Crippen LogP contribution in [0.2, 0.25) is 0 Å². The Labute approximate surface area is 56.5 Å². The summed E-state index contributed by atoms with van der Waals surface area (Å²) in [7, 11) is 0. The van der Waals surface area contributed by atoms with Gasteiger partial charge in [0.15, 0.2) is 10.6 Å². The Morgan fingerprint density at radius 3 is 2.14 bits per heavy atom. The molecule has 0 saturated carbocycles. The normalized spacial score (nSPS) is 49.3. The third-order valence-electron chi connectivity index (χ3n) is 0.763. The van der Waals surface area contributed by atoms with Gasteiger partial charge in [0, 0.05) is 0 Å². The SMILES string of the molecule is ClCC1(Cl)OC1Cl. The fraction of sp³-hybridized carbons (Fsp3) is 1.00. The largest absolute Gasteiger partial charge is 0.331 e. The molecule has 4 heteroatoms. The number of epoxide rings is 1. The minimum Gasteiger partial charge on any atom is -0.331 e. The molecule has 2 unspecified atom stereocenters. The van der Waals surface area contributed by atoms with Gasteiger partial charge >= 0.3 is 0 Å². The number of hydrogen-bond acceptors (Lipinski definition) is 1. The number of ether oxygens (including phenoxy) is 1. The molecule has 2 atom stereocenters. The van der Waals surface area contributed by atoms with Crippen LogP contribution in [0.25, 0.3) is 0 Å². The van der Waals surface area contributed by atoms with E-state index < -0.39 is 5.06 Å². The van der Waals surface area contributed by atoms with Crippen molar-refractivity contribution in [2.24, 2.45) is 0 Å². The van der Waals surface area contributed by atoms with Gasteiger partial charge in [0.05, 0.1) is 5.88 Å². The molecule has 0 bridgehead atoms. The Balaban J connectivity index is 2.36. The van der Waals surface area contributed by atoms with Crippen LogP contribution >= 0.6 is 34.8 Å². The molecule has 42 valence electrons. The Kier molecular flexibility index (Phi) is 1.41. The first-order valence-corrected chi connectivity index (χ1v) is 3.11. The Morgan fingerprint density at radius 1 is 1.71 bits per heavy atom. The number of alkyl halides is 3. The quantitative estimate of drug-likeness (QED) is 0.422. The highest BCUT2D eigenvalue weighted by molar-refractivity contribution is 6.37. The van der Waals surface area contributed by atoms with Crippen molar-refractivity contribution >= 4 is 34.8 Å². The highest BCUT2D eigenvalue weighted by atomic mass is 35.5. The van der Waals surface area contributed by atoms with E-state index in [0.29, 0.717) is 0 Å². The maximum Gasteiger partial charge on any atom is 0.197 e. The van der Waals surface area contributed by atoms with Crippen LogP contribution in [0.3, 0.4) is 0 Å². The summed E-state index contributed by atoms with van der Waals surface area (Å²) in [4.78, 5) is 0. The van der Waals surface area contributed by atoms with E-state index in [2.05, 4.69) is 4.74 Å². The number of rotatable bonds is 1. The van der Waals surface area contributed by atoms with Crippen LogP contribution in [0.4, 0.5) is 0 Å². The van der Waals surface area contributed by atoms with Gasteiger partial charge in [-0.15, -0.1) is 11.6 Å². The van der Waals surface area contributed by atoms with Crippen molar-refractivity contribution in [2.45, 2.75) is 10.6 Å². The fourth-order valence-electron chi connectivity index (χ4n) is 0.230. The summed E-state index contributed by atoms with van der Waals surface area (Å²) in [6.07, 6.45) is 0. The summed E-state index contributed by atoms with van der Waals surface area (Å²) in [6.45, 7) is 0. The van der Waals surface area contributed by atoms with E-state index in [4.69, 9.17) is 34.8 Å². The van der Waals surface area contributed by atoms with Crippen molar-refractivity contribution in [2.75, 3.05) is 5.88 Å². The molecule has 1 heterocycles. The predicted molar refractivity (Wildman–Crippen MR) is 30.0 cm³/mol. The van der Waals surface area contributed by atoms with Gasteiger partial charge in [-0.05, 0) is 0 Å². The molecule has 1 rings (SSSR count). The van der Waals surface area contributed by atoms with E-state index in [1.807, 2.05) is 0 Å². The van der Waals surface area contributed by atoms with E-state index in [-0.39, 0.29) is 11.4 Å². The lowest BCUT2D eigenvalue weighted by Gasteiger charge is -1.88. The second-order valence-electron chi connectivity index (χ2n) is 1.35. The summed E-state index contributed by atoms with van der Waals surface area (Å²) < 4.78 is 4.65. The molecule has 0 aromatic rings. The lowest BCUT2D eigenvalue weighted by molar-refractivity contribution is 0.389. The maximum absolute atomic E-state index is 5.49. The molecule has 0 spiro atoms. The second kappa shape index (κ2) is 1.66. The van der Waals surface area contributed by atoms with Gasteiger partial charge in [-0.25, -0.2) is 0 Å². The molecule has 1 fully saturated rings. The first kappa shape index (κ1) is 5.96. The van der Waals surface area contributed by atoms with Crippen LogP contribution in [0.1, 0.15) is 0 Å². The number of halogens is 3. The summed E-state index contributed by atoms with van der Waals surface area (Å²) >= 11 is 16.1. The van der Waals surface area contributed by atoms with Gasteiger partial charge in [-0.2, -0.15) is 0 Å². The molecule has 1 aliphatic rings. The zero-order chi connectivity index (χ0) is 5.49. The zero-order valence-electron chi connectivity index (χ0n) is 3.33. The average Bonchev–Trinajstić information content (AvgIpc) is 2.18. The lowest BCUT2D eigenvalue weighted by atomic mass is 10.5. The fourth-order valence-corrected chi connectivity index (χ4v) is 0.883. The van der Waals surface area contributed by atoms with Crippen LogP contribution in [-0.4, -0.2) is 16.5 Å². The van der Waals surface area contributed by atoms with Gasteiger partial charge in [0.25, 0.3) is 0 Å². The number of hydrogen-bond donors (Lipinski definition) is 0. The zero-order valence-corrected chi connectivity index (χ0v) is 5.59. The van der Waals surface area contributed by atoms with Crippen molar-refractivity contribution in [3.63, 3.8) is 0 Å². The summed E-state index contributed by atoms with van der Waals surface area (Å²) in [6, 6.07) is 0. The van der Waals surface area contributed by atoms with Crippen LogP contribution in [-0.2, 0) is 4.74 Å². The van der Waals surface area contributed by atoms with Crippen LogP contribution in [0, 0.1) is 0 Å². The molecular weight excluding hydrogens is 158 g/mol. The van der Waals surface area contributed by atoms with Gasteiger partial charge in [-0.3, -0.25) is 0 Å². The Morgan fingerprint density at radius 2 is 2.14 bits per heavy atom. The second-order valence-corrected chi connectivity index (χ2v) is 2.66.